The standard InChI is InChI=1S/C25H31FN4O2/c26-20-8-6-19(7-9-20)18-24(31)30-16-14-29(15-17-30)23-12-10-22(11-13-23)28-25(32)27-21-4-2-1-3-5-21/h6-13,21H,1-5,14-18H2,(H2,27,28,32). The van der Waals surface area contributed by atoms with Gasteiger partial charge in [0.2, 0.25) is 5.91 Å². The van der Waals surface area contributed by atoms with Crippen molar-refractivity contribution in [1.29, 1.82) is 0 Å². The summed E-state index contributed by atoms with van der Waals surface area (Å²) in [5, 5.41) is 5.99. The Bertz CT molecular complexity index is 903. The highest BCUT2D eigenvalue weighted by atomic mass is 19.1. The van der Waals surface area contributed by atoms with Crippen LogP contribution in [0.2, 0.25) is 0 Å². The van der Waals surface area contributed by atoms with Gasteiger partial charge < -0.3 is 20.4 Å². The average Bonchev–Trinajstić information content (AvgIpc) is 2.82. The van der Waals surface area contributed by atoms with Gasteiger partial charge in [-0.3, -0.25) is 4.79 Å². The van der Waals surface area contributed by atoms with Crippen molar-refractivity contribution in [2.24, 2.45) is 0 Å². The molecule has 2 fully saturated rings. The van der Waals surface area contributed by atoms with E-state index in [2.05, 4.69) is 15.5 Å². The predicted molar refractivity (Wildman–Crippen MR) is 124 cm³/mol. The lowest BCUT2D eigenvalue weighted by Crippen LogP contribution is -2.49. The smallest absolute Gasteiger partial charge is 0.319 e. The van der Waals surface area contributed by atoms with E-state index in [1.807, 2.05) is 29.2 Å². The van der Waals surface area contributed by atoms with Gasteiger partial charge in [0.1, 0.15) is 5.82 Å². The molecule has 6 nitrogen and oxygen atoms in total. The minimum absolute atomic E-state index is 0.0692. The number of hydrogen-bond donors (Lipinski definition) is 2. The predicted octanol–water partition coefficient (Wildman–Crippen LogP) is 4.17. The molecule has 0 atom stereocenters. The molecule has 2 aromatic carbocycles. The van der Waals surface area contributed by atoms with Crippen LogP contribution in [0.4, 0.5) is 20.6 Å². The van der Waals surface area contributed by atoms with E-state index in [9.17, 15) is 14.0 Å². The van der Waals surface area contributed by atoms with Gasteiger partial charge in [-0.25, -0.2) is 9.18 Å². The van der Waals surface area contributed by atoms with Crippen LogP contribution in [0.5, 0.6) is 0 Å². The first-order chi connectivity index (χ1) is 15.6. The van der Waals surface area contributed by atoms with Gasteiger partial charge in [0.25, 0.3) is 0 Å². The van der Waals surface area contributed by atoms with E-state index in [1.54, 1.807) is 12.1 Å². The first kappa shape index (κ1) is 22.1. The Balaban J connectivity index is 1.23. The van der Waals surface area contributed by atoms with Crippen LogP contribution >= 0.6 is 0 Å². The fourth-order valence-electron chi connectivity index (χ4n) is 4.46. The minimum atomic E-state index is -0.291. The fraction of sp³-hybridized carbons (Fsp3) is 0.440. The summed E-state index contributed by atoms with van der Waals surface area (Å²) in [7, 11) is 0. The lowest BCUT2D eigenvalue weighted by molar-refractivity contribution is -0.130. The number of halogens is 1. The van der Waals surface area contributed by atoms with Crippen molar-refractivity contribution < 1.29 is 14.0 Å². The molecule has 0 spiro atoms. The summed E-state index contributed by atoms with van der Waals surface area (Å²) < 4.78 is 13.0. The maximum Gasteiger partial charge on any atom is 0.319 e. The summed E-state index contributed by atoms with van der Waals surface area (Å²) in [5.41, 5.74) is 2.68. The zero-order valence-electron chi connectivity index (χ0n) is 18.4. The van der Waals surface area contributed by atoms with Crippen molar-refractivity contribution in [3.63, 3.8) is 0 Å². The molecule has 4 rings (SSSR count). The normalized spacial score (nSPS) is 17.2. The van der Waals surface area contributed by atoms with Gasteiger partial charge >= 0.3 is 6.03 Å². The monoisotopic (exact) mass is 438 g/mol. The third-order valence-electron chi connectivity index (χ3n) is 6.33. The van der Waals surface area contributed by atoms with Crippen molar-refractivity contribution >= 4 is 23.3 Å². The zero-order chi connectivity index (χ0) is 22.3. The van der Waals surface area contributed by atoms with E-state index in [-0.39, 0.29) is 23.8 Å². The lowest BCUT2D eigenvalue weighted by atomic mass is 9.96. The van der Waals surface area contributed by atoms with Crippen LogP contribution in [0.25, 0.3) is 0 Å². The summed E-state index contributed by atoms with van der Waals surface area (Å²) in [6, 6.07) is 14.1. The molecule has 1 heterocycles. The number of nitrogens with one attached hydrogen (secondary N) is 2. The molecule has 2 aliphatic rings. The molecule has 0 unspecified atom stereocenters. The maximum absolute atomic E-state index is 13.0. The highest BCUT2D eigenvalue weighted by Gasteiger charge is 2.21. The molecular formula is C25H31FN4O2. The molecule has 0 aromatic heterocycles. The number of nitrogens with zero attached hydrogens (tertiary/aromatic N) is 2. The van der Waals surface area contributed by atoms with Crippen LogP contribution in [-0.4, -0.2) is 49.1 Å². The van der Waals surface area contributed by atoms with E-state index in [4.69, 9.17) is 0 Å². The van der Waals surface area contributed by atoms with Crippen LogP contribution in [-0.2, 0) is 11.2 Å². The summed E-state index contributed by atoms with van der Waals surface area (Å²) in [6.45, 7) is 2.82. The van der Waals surface area contributed by atoms with Gasteiger partial charge in [0, 0.05) is 43.6 Å². The topological polar surface area (TPSA) is 64.7 Å². The third kappa shape index (κ3) is 5.99. The molecule has 0 bridgehead atoms. The summed E-state index contributed by atoms with van der Waals surface area (Å²) in [5.74, 6) is -0.222. The molecule has 2 N–H and O–H groups in total. The summed E-state index contributed by atoms with van der Waals surface area (Å²) >= 11 is 0. The molecule has 1 aliphatic carbocycles. The van der Waals surface area contributed by atoms with Crippen molar-refractivity contribution in [1.82, 2.24) is 10.2 Å². The number of amides is 3. The van der Waals surface area contributed by atoms with Crippen molar-refractivity contribution in [2.45, 2.75) is 44.6 Å². The van der Waals surface area contributed by atoms with Crippen molar-refractivity contribution in [2.75, 3.05) is 36.4 Å². The van der Waals surface area contributed by atoms with Gasteiger partial charge in [-0.15, -0.1) is 0 Å². The Hall–Kier alpha value is -3.09. The number of carbonyl (C=O) groups excluding carboxylic acids is 2. The Morgan fingerprint density at radius 3 is 2.19 bits per heavy atom. The molecular weight excluding hydrogens is 407 g/mol. The molecule has 1 saturated heterocycles. The fourth-order valence-corrected chi connectivity index (χ4v) is 4.46. The zero-order valence-corrected chi connectivity index (χ0v) is 18.4. The molecule has 3 amide bonds. The molecule has 1 aliphatic heterocycles. The summed E-state index contributed by atoms with van der Waals surface area (Å²) in [6.07, 6.45) is 6.05. The van der Waals surface area contributed by atoms with Gasteiger partial charge in [-0.2, -0.15) is 0 Å². The first-order valence-corrected chi connectivity index (χ1v) is 11.5. The van der Waals surface area contributed by atoms with E-state index in [1.165, 1.54) is 31.4 Å². The second-order valence-corrected chi connectivity index (χ2v) is 8.65. The average molecular weight is 439 g/mol. The Labute approximate surface area is 188 Å². The van der Waals surface area contributed by atoms with Crippen molar-refractivity contribution in [3.8, 4) is 0 Å². The molecule has 32 heavy (non-hydrogen) atoms. The largest absolute Gasteiger partial charge is 0.368 e. The second kappa shape index (κ2) is 10.5. The van der Waals surface area contributed by atoms with Crippen molar-refractivity contribution in [3.05, 3.63) is 59.9 Å². The van der Waals surface area contributed by atoms with Crippen LogP contribution in [0, 0.1) is 5.82 Å². The maximum atomic E-state index is 13.0. The van der Waals surface area contributed by atoms with Crippen LogP contribution in [0.15, 0.2) is 48.5 Å². The minimum Gasteiger partial charge on any atom is -0.368 e. The van der Waals surface area contributed by atoms with Gasteiger partial charge in [0.05, 0.1) is 6.42 Å². The third-order valence-corrected chi connectivity index (χ3v) is 6.33. The Morgan fingerprint density at radius 2 is 1.53 bits per heavy atom. The number of carbonyl (C=O) groups is 2. The Kier molecular flexibility index (Phi) is 7.24. The van der Waals surface area contributed by atoms with E-state index >= 15 is 0 Å². The van der Waals surface area contributed by atoms with E-state index < -0.39 is 0 Å². The quantitative estimate of drug-likeness (QED) is 0.736. The van der Waals surface area contributed by atoms with Gasteiger partial charge in [-0.05, 0) is 54.8 Å². The number of piperazine rings is 1. The number of rotatable bonds is 5. The molecule has 1 saturated carbocycles. The SMILES string of the molecule is O=C(Nc1ccc(N2CCN(C(=O)Cc3ccc(F)cc3)CC2)cc1)NC1CCCCC1. The highest BCUT2D eigenvalue weighted by molar-refractivity contribution is 5.89. The number of hydrogen-bond acceptors (Lipinski definition) is 3. The molecule has 7 heteroatoms. The van der Waals surface area contributed by atoms with Gasteiger partial charge in [0.15, 0.2) is 0 Å². The second-order valence-electron chi connectivity index (χ2n) is 8.65. The summed E-state index contributed by atoms with van der Waals surface area (Å²) in [4.78, 5) is 28.9. The number of benzene rings is 2. The lowest BCUT2D eigenvalue weighted by Gasteiger charge is -2.36. The van der Waals surface area contributed by atoms with E-state index in [0.717, 1.165) is 42.9 Å². The van der Waals surface area contributed by atoms with Crippen LogP contribution in [0.1, 0.15) is 37.7 Å². The van der Waals surface area contributed by atoms with Crippen LogP contribution < -0.4 is 15.5 Å². The molecule has 0 radical (unpaired) electrons. The van der Waals surface area contributed by atoms with E-state index in [0.29, 0.717) is 19.5 Å². The molecule has 2 aromatic rings. The Morgan fingerprint density at radius 1 is 0.875 bits per heavy atom. The molecule has 170 valence electrons. The number of urea groups is 1. The highest BCUT2D eigenvalue weighted by Crippen LogP contribution is 2.21. The van der Waals surface area contributed by atoms with Crippen LogP contribution in [0.3, 0.4) is 0 Å². The first-order valence-electron chi connectivity index (χ1n) is 11.5. The number of anilines is 2. The van der Waals surface area contributed by atoms with Gasteiger partial charge in [-0.1, -0.05) is 31.4 Å².